The van der Waals surface area contributed by atoms with Gasteiger partial charge in [-0.2, -0.15) is 5.10 Å². The van der Waals surface area contributed by atoms with Crippen LogP contribution < -0.4 is 14.8 Å². The number of nitrogens with zero attached hydrogens (tertiary/aromatic N) is 1. The lowest BCUT2D eigenvalue weighted by Crippen LogP contribution is -2.34. The van der Waals surface area contributed by atoms with E-state index >= 15 is 0 Å². The maximum atomic E-state index is 9.60. The summed E-state index contributed by atoms with van der Waals surface area (Å²) >= 11 is 0. The number of fused-ring (bicyclic) bond motifs is 1. The van der Waals surface area contributed by atoms with E-state index in [4.69, 9.17) is 9.47 Å². The summed E-state index contributed by atoms with van der Waals surface area (Å²) in [6.07, 6.45) is 5.58. The van der Waals surface area contributed by atoms with Gasteiger partial charge < -0.3 is 19.9 Å². The van der Waals surface area contributed by atoms with E-state index in [2.05, 4.69) is 15.5 Å². The van der Waals surface area contributed by atoms with Crippen molar-refractivity contribution in [2.45, 2.75) is 44.4 Å². The van der Waals surface area contributed by atoms with Crippen LogP contribution in [0.5, 0.6) is 11.5 Å². The molecule has 0 saturated heterocycles. The topological polar surface area (TPSA) is 79.4 Å². The lowest BCUT2D eigenvalue weighted by Gasteiger charge is -2.26. The predicted octanol–water partition coefficient (Wildman–Crippen LogP) is 2.24. The van der Waals surface area contributed by atoms with Crippen molar-refractivity contribution in [2.75, 3.05) is 13.2 Å². The van der Waals surface area contributed by atoms with Gasteiger partial charge in [-0.25, -0.2) is 0 Å². The van der Waals surface area contributed by atoms with Crippen molar-refractivity contribution in [3.05, 3.63) is 30.0 Å². The highest BCUT2D eigenvalue weighted by molar-refractivity contribution is 5.66. The summed E-state index contributed by atoms with van der Waals surface area (Å²) in [7, 11) is 0. The standard InChI is InChI=1S/C18H23N3O3/c22-15-4-2-14(3-5-15)19-10-13-11-20-21-18(13)12-1-6-16-17(9-12)24-8-7-23-16/h1,6,9,11,14-15,19,22H,2-5,7-8,10H2,(H,20,21). The van der Waals surface area contributed by atoms with Crippen molar-refractivity contribution in [1.82, 2.24) is 15.5 Å². The summed E-state index contributed by atoms with van der Waals surface area (Å²) in [6.45, 7) is 1.95. The van der Waals surface area contributed by atoms with Gasteiger partial charge in [-0.1, -0.05) is 0 Å². The molecule has 6 nitrogen and oxygen atoms in total. The average molecular weight is 329 g/mol. The molecule has 2 heterocycles. The molecule has 0 amide bonds. The molecule has 2 aromatic rings. The quantitative estimate of drug-likeness (QED) is 0.802. The van der Waals surface area contributed by atoms with E-state index in [1.54, 1.807) is 0 Å². The molecule has 3 N–H and O–H groups in total. The number of ether oxygens (including phenoxy) is 2. The molecule has 0 bridgehead atoms. The molecule has 128 valence electrons. The molecule has 0 radical (unpaired) electrons. The lowest BCUT2D eigenvalue weighted by molar-refractivity contribution is 0.116. The van der Waals surface area contributed by atoms with E-state index in [-0.39, 0.29) is 6.10 Å². The minimum absolute atomic E-state index is 0.120. The van der Waals surface area contributed by atoms with Crippen LogP contribution in [0.25, 0.3) is 11.3 Å². The molecule has 6 heteroatoms. The third-order valence-corrected chi connectivity index (χ3v) is 4.83. The molecule has 1 fully saturated rings. The summed E-state index contributed by atoms with van der Waals surface area (Å²) in [6, 6.07) is 6.45. The van der Waals surface area contributed by atoms with Crippen LogP contribution in [0.3, 0.4) is 0 Å². The monoisotopic (exact) mass is 329 g/mol. The fourth-order valence-electron chi connectivity index (χ4n) is 3.43. The van der Waals surface area contributed by atoms with E-state index in [1.165, 1.54) is 0 Å². The summed E-state index contributed by atoms with van der Waals surface area (Å²) < 4.78 is 11.2. The molecule has 0 spiro atoms. The minimum Gasteiger partial charge on any atom is -0.486 e. The van der Waals surface area contributed by atoms with Crippen LogP contribution in [0, 0.1) is 0 Å². The number of aliphatic hydroxyl groups excluding tert-OH is 1. The van der Waals surface area contributed by atoms with Gasteiger partial charge in [0.25, 0.3) is 0 Å². The van der Waals surface area contributed by atoms with Gasteiger partial charge in [-0.15, -0.1) is 0 Å². The Morgan fingerprint density at radius 3 is 2.75 bits per heavy atom. The second-order valence-electron chi connectivity index (χ2n) is 6.52. The van der Waals surface area contributed by atoms with Crippen LogP contribution in [0.4, 0.5) is 0 Å². The van der Waals surface area contributed by atoms with Crippen LogP contribution >= 0.6 is 0 Å². The third-order valence-electron chi connectivity index (χ3n) is 4.83. The van der Waals surface area contributed by atoms with Crippen molar-refractivity contribution in [1.29, 1.82) is 0 Å². The van der Waals surface area contributed by atoms with Crippen LogP contribution in [0.1, 0.15) is 31.2 Å². The zero-order valence-electron chi connectivity index (χ0n) is 13.6. The molecular weight excluding hydrogens is 306 g/mol. The van der Waals surface area contributed by atoms with Crippen molar-refractivity contribution in [3.63, 3.8) is 0 Å². The number of benzene rings is 1. The molecule has 1 aromatic carbocycles. The first kappa shape index (κ1) is 15.5. The summed E-state index contributed by atoms with van der Waals surface area (Å²) in [4.78, 5) is 0. The maximum Gasteiger partial charge on any atom is 0.162 e. The number of H-pyrrole nitrogens is 1. The summed E-state index contributed by atoms with van der Waals surface area (Å²) in [5.74, 6) is 1.58. The van der Waals surface area contributed by atoms with Gasteiger partial charge in [0.2, 0.25) is 0 Å². The minimum atomic E-state index is -0.120. The molecular formula is C18H23N3O3. The van der Waals surface area contributed by atoms with Gasteiger partial charge in [-0.3, -0.25) is 5.10 Å². The SMILES string of the molecule is OC1CCC(NCc2cn[nH]c2-c2ccc3c(c2)OCCO3)CC1. The molecule has 1 aromatic heterocycles. The number of aromatic nitrogens is 2. The van der Waals surface area contributed by atoms with Crippen molar-refractivity contribution in [2.24, 2.45) is 0 Å². The molecule has 2 aliphatic rings. The van der Waals surface area contributed by atoms with Gasteiger partial charge in [-0.05, 0) is 43.9 Å². The number of aromatic amines is 1. The van der Waals surface area contributed by atoms with Crippen LogP contribution in [0.15, 0.2) is 24.4 Å². The molecule has 0 unspecified atom stereocenters. The van der Waals surface area contributed by atoms with Crippen LogP contribution in [-0.4, -0.2) is 40.7 Å². The van der Waals surface area contributed by atoms with E-state index in [0.717, 1.165) is 60.5 Å². The summed E-state index contributed by atoms with van der Waals surface area (Å²) in [5.41, 5.74) is 3.20. The first-order valence-electron chi connectivity index (χ1n) is 8.63. The van der Waals surface area contributed by atoms with Crippen molar-refractivity contribution in [3.8, 4) is 22.8 Å². The third kappa shape index (κ3) is 3.25. The molecule has 1 aliphatic carbocycles. The first-order chi connectivity index (χ1) is 11.8. The average Bonchev–Trinajstić information content (AvgIpc) is 3.09. The number of rotatable bonds is 4. The van der Waals surface area contributed by atoms with Crippen LogP contribution in [0.2, 0.25) is 0 Å². The highest BCUT2D eigenvalue weighted by Gasteiger charge is 2.20. The Bertz CT molecular complexity index is 693. The van der Waals surface area contributed by atoms with Gasteiger partial charge in [0.05, 0.1) is 18.0 Å². The molecule has 4 rings (SSSR count). The Morgan fingerprint density at radius 2 is 1.92 bits per heavy atom. The molecule has 1 saturated carbocycles. The number of nitrogens with one attached hydrogen (secondary N) is 2. The lowest BCUT2D eigenvalue weighted by atomic mass is 9.93. The smallest absolute Gasteiger partial charge is 0.162 e. The van der Waals surface area contributed by atoms with Gasteiger partial charge >= 0.3 is 0 Å². The Labute approximate surface area is 141 Å². The van der Waals surface area contributed by atoms with Gasteiger partial charge in [0.1, 0.15) is 13.2 Å². The number of aliphatic hydroxyl groups is 1. The Balaban J connectivity index is 1.46. The van der Waals surface area contributed by atoms with E-state index < -0.39 is 0 Å². The largest absolute Gasteiger partial charge is 0.486 e. The van der Waals surface area contributed by atoms with Gasteiger partial charge in [0.15, 0.2) is 11.5 Å². The molecule has 0 atom stereocenters. The first-order valence-corrected chi connectivity index (χ1v) is 8.63. The zero-order chi connectivity index (χ0) is 16.4. The van der Waals surface area contributed by atoms with Crippen molar-refractivity contribution < 1.29 is 14.6 Å². The zero-order valence-corrected chi connectivity index (χ0v) is 13.6. The molecule has 24 heavy (non-hydrogen) atoms. The normalized spacial score (nSPS) is 23.2. The number of hydrogen-bond acceptors (Lipinski definition) is 5. The highest BCUT2D eigenvalue weighted by Crippen LogP contribution is 2.34. The van der Waals surface area contributed by atoms with E-state index in [0.29, 0.717) is 19.3 Å². The fraction of sp³-hybridized carbons (Fsp3) is 0.500. The number of hydrogen-bond donors (Lipinski definition) is 3. The van der Waals surface area contributed by atoms with E-state index in [1.807, 2.05) is 24.4 Å². The van der Waals surface area contributed by atoms with E-state index in [9.17, 15) is 5.11 Å². The summed E-state index contributed by atoms with van der Waals surface area (Å²) in [5, 5.41) is 20.5. The fourth-order valence-corrected chi connectivity index (χ4v) is 3.43. The Morgan fingerprint density at radius 1 is 1.12 bits per heavy atom. The van der Waals surface area contributed by atoms with Crippen molar-refractivity contribution >= 4 is 0 Å². The second kappa shape index (κ2) is 6.83. The maximum absolute atomic E-state index is 9.60. The molecule has 1 aliphatic heterocycles. The van der Waals surface area contributed by atoms with Gasteiger partial charge in [0, 0.05) is 23.7 Å². The predicted molar refractivity (Wildman–Crippen MR) is 90.1 cm³/mol. The Hall–Kier alpha value is -2.05. The Kier molecular flexibility index (Phi) is 4.40. The highest BCUT2D eigenvalue weighted by atomic mass is 16.6. The second-order valence-corrected chi connectivity index (χ2v) is 6.52. The van der Waals surface area contributed by atoms with Crippen LogP contribution in [-0.2, 0) is 6.54 Å².